The largest absolute Gasteiger partial charge is 0.342 e. The van der Waals surface area contributed by atoms with Crippen LogP contribution in [0.1, 0.15) is 63.8 Å². The Balaban J connectivity index is 1.33. The molecule has 3 heterocycles. The Morgan fingerprint density at radius 3 is 2.45 bits per heavy atom. The van der Waals surface area contributed by atoms with Gasteiger partial charge >= 0.3 is 0 Å². The van der Waals surface area contributed by atoms with E-state index in [2.05, 4.69) is 15.3 Å². The Bertz CT molecular complexity index is 1550. The number of hydrogen-bond donors (Lipinski definition) is 2. The lowest BCUT2D eigenvalue weighted by Crippen LogP contribution is -2.44. The number of amides is 3. The van der Waals surface area contributed by atoms with Crippen molar-refractivity contribution in [3.8, 4) is 0 Å². The lowest BCUT2D eigenvalue weighted by Gasteiger charge is -2.27. The number of aromatic amines is 1. The van der Waals surface area contributed by atoms with Crippen LogP contribution in [-0.2, 0) is 14.6 Å². The van der Waals surface area contributed by atoms with Crippen LogP contribution >= 0.6 is 11.6 Å². The molecule has 10 nitrogen and oxygen atoms in total. The Kier molecular flexibility index (Phi) is 8.14. The van der Waals surface area contributed by atoms with E-state index in [0.29, 0.717) is 33.0 Å². The van der Waals surface area contributed by atoms with E-state index in [9.17, 15) is 22.8 Å². The van der Waals surface area contributed by atoms with Crippen molar-refractivity contribution in [3.63, 3.8) is 0 Å². The predicted octanol–water partition coefficient (Wildman–Crippen LogP) is 3.27. The Labute approximate surface area is 238 Å². The number of halogens is 1. The number of carbonyl (C=O) groups is 3. The van der Waals surface area contributed by atoms with Gasteiger partial charge in [-0.25, -0.2) is 13.4 Å². The second-order valence-electron chi connectivity index (χ2n) is 10.4. The quantitative estimate of drug-likeness (QED) is 0.437. The molecule has 2 saturated heterocycles. The van der Waals surface area contributed by atoms with E-state index in [-0.39, 0.29) is 55.2 Å². The summed E-state index contributed by atoms with van der Waals surface area (Å²) in [7, 11) is -3.11. The minimum Gasteiger partial charge on any atom is -0.342 e. The van der Waals surface area contributed by atoms with Gasteiger partial charge < -0.3 is 20.1 Å². The van der Waals surface area contributed by atoms with Gasteiger partial charge in [-0.3, -0.25) is 14.4 Å². The van der Waals surface area contributed by atoms with Crippen molar-refractivity contribution in [2.24, 2.45) is 0 Å². The number of likely N-dealkylation sites (tertiary alicyclic amines) is 1. The molecule has 2 aromatic carbocycles. The number of carbonyl (C=O) groups excluding carboxylic acids is 3. The van der Waals surface area contributed by atoms with Crippen LogP contribution in [0.4, 0.5) is 0 Å². The van der Waals surface area contributed by atoms with Crippen molar-refractivity contribution in [3.05, 3.63) is 63.9 Å². The molecule has 2 aliphatic heterocycles. The van der Waals surface area contributed by atoms with Crippen LogP contribution < -0.4 is 5.32 Å². The van der Waals surface area contributed by atoms with Crippen molar-refractivity contribution in [1.82, 2.24) is 25.1 Å². The van der Waals surface area contributed by atoms with Crippen LogP contribution in [0.3, 0.4) is 0 Å². The van der Waals surface area contributed by atoms with Crippen molar-refractivity contribution in [1.29, 1.82) is 0 Å². The summed E-state index contributed by atoms with van der Waals surface area (Å²) in [5.74, 6) is -0.156. The molecule has 2 fully saturated rings. The molecule has 1 aromatic heterocycles. The summed E-state index contributed by atoms with van der Waals surface area (Å²) in [6.07, 6.45) is 2.36. The molecular formula is C28H32ClN5O5S. The van der Waals surface area contributed by atoms with Gasteiger partial charge in [0.2, 0.25) is 5.91 Å². The molecule has 0 spiro atoms. The average Bonchev–Trinajstić information content (AvgIpc) is 3.60. The fourth-order valence-electron chi connectivity index (χ4n) is 5.21. The van der Waals surface area contributed by atoms with Gasteiger partial charge in [-0.15, -0.1) is 0 Å². The zero-order valence-corrected chi connectivity index (χ0v) is 23.9. The monoisotopic (exact) mass is 585 g/mol. The summed E-state index contributed by atoms with van der Waals surface area (Å²) in [5, 5.41) is 3.54. The molecule has 212 valence electrons. The number of aromatic nitrogens is 2. The first-order chi connectivity index (χ1) is 19.1. The molecule has 3 aromatic rings. The molecule has 3 amide bonds. The molecule has 0 saturated carbocycles. The lowest BCUT2D eigenvalue weighted by molar-refractivity contribution is -0.131. The fourth-order valence-corrected chi connectivity index (χ4v) is 6.58. The second-order valence-corrected chi connectivity index (χ2v) is 13.1. The maximum Gasteiger partial charge on any atom is 0.254 e. The van der Waals surface area contributed by atoms with Gasteiger partial charge in [0.25, 0.3) is 11.8 Å². The highest BCUT2D eigenvalue weighted by atomic mass is 35.5. The Hall–Kier alpha value is -3.44. The average molecular weight is 586 g/mol. The number of hydrogen-bond acceptors (Lipinski definition) is 6. The van der Waals surface area contributed by atoms with Crippen LogP contribution in [0.5, 0.6) is 0 Å². The fraction of sp³-hybridized carbons (Fsp3) is 0.429. The third-order valence-corrected chi connectivity index (χ3v) is 9.40. The third kappa shape index (κ3) is 6.31. The summed E-state index contributed by atoms with van der Waals surface area (Å²) in [6.45, 7) is 3.65. The van der Waals surface area contributed by atoms with Gasteiger partial charge in [-0.1, -0.05) is 11.6 Å². The summed E-state index contributed by atoms with van der Waals surface area (Å²) in [5.41, 5.74) is 3.07. The van der Waals surface area contributed by atoms with Crippen molar-refractivity contribution >= 4 is 50.2 Å². The summed E-state index contributed by atoms with van der Waals surface area (Å²) in [4.78, 5) is 50.4. The standard InChI is InChI=1S/C28H32ClN5O5S/c1-18-16-19(4-6-21(18)28(37)34-10-2-3-11-34)27(36)32-23(26-30-22-7-5-20(29)17-24(22)31-26)8-9-25(35)33-12-14-40(38,39)15-13-33/h4-7,16-17,23H,2-3,8-15H2,1H3,(H,30,31)(H,32,36)/t23-/m0/s1. The van der Waals surface area contributed by atoms with Gasteiger partial charge in [0.15, 0.2) is 9.84 Å². The topological polar surface area (TPSA) is 133 Å². The number of benzene rings is 2. The summed E-state index contributed by atoms with van der Waals surface area (Å²) in [6, 6.07) is 9.65. The minimum absolute atomic E-state index is 0.0233. The number of nitrogens with one attached hydrogen (secondary N) is 2. The van der Waals surface area contributed by atoms with Gasteiger partial charge in [0.05, 0.1) is 28.6 Å². The number of H-pyrrole nitrogens is 1. The Morgan fingerprint density at radius 1 is 1.02 bits per heavy atom. The van der Waals surface area contributed by atoms with E-state index in [4.69, 9.17) is 11.6 Å². The number of nitrogens with zero attached hydrogens (tertiary/aromatic N) is 3. The SMILES string of the molecule is Cc1cc(C(=O)N[C@@H](CCC(=O)N2CCS(=O)(=O)CC2)c2nc3ccc(Cl)cc3[nH]2)ccc1C(=O)N1CCCC1. The zero-order chi connectivity index (χ0) is 28.4. The lowest BCUT2D eigenvalue weighted by atomic mass is 10.0. The molecule has 0 unspecified atom stereocenters. The molecule has 40 heavy (non-hydrogen) atoms. The Morgan fingerprint density at radius 2 is 1.75 bits per heavy atom. The number of sulfone groups is 1. The van der Waals surface area contributed by atoms with Gasteiger partial charge in [-0.05, 0) is 68.1 Å². The summed E-state index contributed by atoms with van der Waals surface area (Å²) < 4.78 is 23.5. The van der Waals surface area contributed by atoms with Gasteiger partial charge in [0.1, 0.15) is 5.82 Å². The molecule has 5 rings (SSSR count). The summed E-state index contributed by atoms with van der Waals surface area (Å²) >= 11 is 6.13. The highest BCUT2D eigenvalue weighted by molar-refractivity contribution is 7.91. The number of rotatable bonds is 7. The van der Waals surface area contributed by atoms with Crippen molar-refractivity contribution in [2.45, 2.75) is 38.6 Å². The van der Waals surface area contributed by atoms with E-state index in [0.717, 1.165) is 31.5 Å². The first kappa shape index (κ1) is 28.1. The molecule has 2 N–H and O–H groups in total. The first-order valence-corrected chi connectivity index (χ1v) is 15.6. The maximum atomic E-state index is 13.4. The highest BCUT2D eigenvalue weighted by Crippen LogP contribution is 2.24. The number of fused-ring (bicyclic) bond motifs is 1. The van der Waals surface area contributed by atoms with Gasteiger partial charge in [0, 0.05) is 48.7 Å². The predicted molar refractivity (Wildman–Crippen MR) is 152 cm³/mol. The van der Waals surface area contributed by atoms with Crippen molar-refractivity contribution < 1.29 is 22.8 Å². The van der Waals surface area contributed by atoms with Crippen molar-refractivity contribution in [2.75, 3.05) is 37.7 Å². The second kappa shape index (κ2) is 11.6. The van der Waals surface area contributed by atoms with Crippen LogP contribution in [0.15, 0.2) is 36.4 Å². The molecule has 2 aliphatic rings. The molecular weight excluding hydrogens is 554 g/mol. The van der Waals surface area contributed by atoms with E-state index in [1.807, 2.05) is 11.8 Å². The van der Waals surface area contributed by atoms with Gasteiger partial charge in [-0.2, -0.15) is 0 Å². The molecule has 0 bridgehead atoms. The molecule has 0 radical (unpaired) electrons. The van der Waals surface area contributed by atoms with Crippen LogP contribution in [0.2, 0.25) is 5.02 Å². The first-order valence-electron chi connectivity index (χ1n) is 13.4. The van der Waals surface area contributed by atoms with E-state index >= 15 is 0 Å². The smallest absolute Gasteiger partial charge is 0.254 e. The van der Waals surface area contributed by atoms with E-state index in [1.165, 1.54) is 0 Å². The normalized spacial score (nSPS) is 17.6. The molecule has 12 heteroatoms. The molecule has 1 atom stereocenters. The van der Waals surface area contributed by atoms with E-state index in [1.54, 1.807) is 41.3 Å². The van der Waals surface area contributed by atoms with Crippen LogP contribution in [0.25, 0.3) is 11.0 Å². The van der Waals surface area contributed by atoms with Crippen LogP contribution in [-0.4, -0.2) is 83.6 Å². The zero-order valence-electron chi connectivity index (χ0n) is 22.3. The number of imidazole rings is 1. The highest BCUT2D eigenvalue weighted by Gasteiger charge is 2.27. The van der Waals surface area contributed by atoms with E-state index < -0.39 is 15.9 Å². The number of aryl methyl sites for hydroxylation is 1. The maximum absolute atomic E-state index is 13.4. The third-order valence-electron chi connectivity index (χ3n) is 7.55. The molecule has 0 aliphatic carbocycles. The van der Waals surface area contributed by atoms with Crippen LogP contribution in [0, 0.1) is 6.92 Å². The minimum atomic E-state index is -3.11.